The van der Waals surface area contributed by atoms with Gasteiger partial charge >= 0.3 is 0 Å². The zero-order chi connectivity index (χ0) is 18.4. The molecular formula is C21H21N5O. The summed E-state index contributed by atoms with van der Waals surface area (Å²) in [5, 5.41) is 6.42. The molecule has 2 aromatic carbocycles. The summed E-state index contributed by atoms with van der Waals surface area (Å²) in [6, 6.07) is 13.9. The van der Waals surface area contributed by atoms with Gasteiger partial charge in [-0.3, -0.25) is 9.36 Å². The highest BCUT2D eigenvalue weighted by Gasteiger charge is 2.25. The summed E-state index contributed by atoms with van der Waals surface area (Å²) in [6.45, 7) is 5.52. The van der Waals surface area contributed by atoms with Crippen molar-refractivity contribution in [2.45, 2.75) is 19.3 Å². The van der Waals surface area contributed by atoms with E-state index in [-0.39, 0.29) is 5.91 Å². The normalized spacial score (nSPS) is 16.1. The Bertz CT molecular complexity index is 1060. The number of carbonyl (C=O) groups is 1. The number of nitrogens with one attached hydrogen (secondary N) is 2. The highest BCUT2D eigenvalue weighted by Crippen LogP contribution is 2.33. The third-order valence-electron chi connectivity index (χ3n) is 5.23. The SMILES string of the molecule is C=C1Nc2ccc(-n3c(C(=O)N4CCCCC4)nc4ccccc43)cc2N1. The Kier molecular flexibility index (Phi) is 3.63. The van der Waals surface area contributed by atoms with Gasteiger partial charge in [-0.15, -0.1) is 0 Å². The maximum absolute atomic E-state index is 13.2. The molecule has 0 bridgehead atoms. The van der Waals surface area contributed by atoms with Crippen LogP contribution < -0.4 is 10.6 Å². The van der Waals surface area contributed by atoms with Gasteiger partial charge in [0.05, 0.1) is 28.1 Å². The van der Waals surface area contributed by atoms with E-state index in [9.17, 15) is 4.79 Å². The van der Waals surface area contributed by atoms with E-state index in [1.165, 1.54) is 6.42 Å². The fourth-order valence-electron chi connectivity index (χ4n) is 3.91. The molecule has 3 heterocycles. The zero-order valence-electron chi connectivity index (χ0n) is 15.0. The van der Waals surface area contributed by atoms with Crippen molar-refractivity contribution < 1.29 is 4.79 Å². The number of para-hydroxylation sites is 2. The molecule has 6 heteroatoms. The first-order chi connectivity index (χ1) is 13.2. The molecule has 5 rings (SSSR count). The quantitative estimate of drug-likeness (QED) is 0.727. The molecule has 1 fully saturated rings. The van der Waals surface area contributed by atoms with E-state index in [0.717, 1.165) is 59.8 Å². The molecule has 136 valence electrons. The van der Waals surface area contributed by atoms with E-state index in [1.54, 1.807) is 0 Å². The number of imidazole rings is 1. The Hall–Kier alpha value is -3.28. The fraction of sp³-hybridized carbons (Fsp3) is 0.238. The average molecular weight is 359 g/mol. The minimum atomic E-state index is 0.00175. The summed E-state index contributed by atoms with van der Waals surface area (Å²) in [7, 11) is 0. The minimum Gasteiger partial charge on any atom is -0.341 e. The number of carbonyl (C=O) groups excluding carboxylic acids is 1. The molecule has 2 N–H and O–H groups in total. The van der Waals surface area contributed by atoms with Gasteiger partial charge in [-0.25, -0.2) is 4.98 Å². The van der Waals surface area contributed by atoms with Crippen molar-refractivity contribution >= 4 is 28.3 Å². The number of rotatable bonds is 2. The van der Waals surface area contributed by atoms with Gasteiger partial charge in [0.15, 0.2) is 0 Å². The third kappa shape index (κ3) is 2.65. The molecule has 0 saturated carbocycles. The fourth-order valence-corrected chi connectivity index (χ4v) is 3.91. The molecule has 2 aliphatic heterocycles. The van der Waals surface area contributed by atoms with Crippen molar-refractivity contribution in [2.75, 3.05) is 23.7 Å². The predicted octanol–water partition coefficient (Wildman–Crippen LogP) is 3.96. The van der Waals surface area contributed by atoms with Gasteiger partial charge in [-0.2, -0.15) is 0 Å². The van der Waals surface area contributed by atoms with Crippen LogP contribution in [-0.2, 0) is 0 Å². The maximum Gasteiger partial charge on any atom is 0.290 e. The van der Waals surface area contributed by atoms with Gasteiger partial charge < -0.3 is 15.5 Å². The lowest BCUT2D eigenvalue weighted by atomic mass is 10.1. The summed E-state index contributed by atoms with van der Waals surface area (Å²) in [5.41, 5.74) is 4.60. The van der Waals surface area contributed by atoms with E-state index in [4.69, 9.17) is 4.98 Å². The van der Waals surface area contributed by atoms with Crippen molar-refractivity contribution in [1.29, 1.82) is 0 Å². The standard InChI is InChI=1S/C21H21N5O/c1-14-22-16-10-9-15(13-18(16)23-14)26-19-8-4-3-7-17(19)24-20(26)21(27)25-11-5-2-6-12-25/h3-4,7-10,13,22-23H,1-2,5-6,11-12H2. The van der Waals surface area contributed by atoms with Crippen LogP contribution in [0.15, 0.2) is 54.9 Å². The molecule has 3 aromatic rings. The first-order valence-corrected chi connectivity index (χ1v) is 9.35. The van der Waals surface area contributed by atoms with E-state index in [0.29, 0.717) is 5.82 Å². The van der Waals surface area contributed by atoms with E-state index in [2.05, 4.69) is 17.2 Å². The van der Waals surface area contributed by atoms with Gasteiger partial charge in [0, 0.05) is 13.1 Å². The minimum absolute atomic E-state index is 0.00175. The molecule has 0 unspecified atom stereocenters. The Morgan fingerprint density at radius 2 is 1.78 bits per heavy atom. The van der Waals surface area contributed by atoms with Crippen LogP contribution in [0.4, 0.5) is 11.4 Å². The molecule has 6 nitrogen and oxygen atoms in total. The van der Waals surface area contributed by atoms with Crippen molar-refractivity contribution in [1.82, 2.24) is 14.5 Å². The molecule has 0 atom stereocenters. The Balaban J connectivity index is 1.66. The van der Waals surface area contributed by atoms with Gasteiger partial charge in [0.25, 0.3) is 5.91 Å². The number of likely N-dealkylation sites (tertiary alicyclic amines) is 1. The molecule has 2 aliphatic rings. The number of anilines is 2. The molecule has 0 aliphatic carbocycles. The van der Waals surface area contributed by atoms with Crippen molar-refractivity contribution in [2.24, 2.45) is 0 Å². The Labute approximate surface area is 157 Å². The molecule has 1 amide bonds. The lowest BCUT2D eigenvalue weighted by Crippen LogP contribution is -2.37. The van der Waals surface area contributed by atoms with Gasteiger partial charge in [0.2, 0.25) is 5.82 Å². The second kappa shape index (κ2) is 6.16. The van der Waals surface area contributed by atoms with Gasteiger partial charge in [-0.1, -0.05) is 18.7 Å². The maximum atomic E-state index is 13.2. The van der Waals surface area contributed by atoms with Crippen LogP contribution in [0.3, 0.4) is 0 Å². The summed E-state index contributed by atoms with van der Waals surface area (Å²) < 4.78 is 1.97. The lowest BCUT2D eigenvalue weighted by Gasteiger charge is -2.26. The van der Waals surface area contributed by atoms with E-state index >= 15 is 0 Å². The van der Waals surface area contributed by atoms with Crippen LogP contribution in [-0.4, -0.2) is 33.4 Å². The smallest absolute Gasteiger partial charge is 0.290 e. The largest absolute Gasteiger partial charge is 0.341 e. The molecule has 27 heavy (non-hydrogen) atoms. The molecule has 1 aromatic heterocycles. The zero-order valence-corrected chi connectivity index (χ0v) is 15.0. The Morgan fingerprint density at radius 3 is 2.63 bits per heavy atom. The highest BCUT2D eigenvalue weighted by atomic mass is 16.2. The summed E-state index contributed by atoms with van der Waals surface area (Å²) in [4.78, 5) is 19.9. The van der Waals surface area contributed by atoms with Gasteiger partial charge in [-0.05, 0) is 49.6 Å². The van der Waals surface area contributed by atoms with Crippen LogP contribution in [0.5, 0.6) is 0 Å². The number of amides is 1. The van der Waals surface area contributed by atoms with Crippen molar-refractivity contribution in [3.8, 4) is 5.69 Å². The van der Waals surface area contributed by atoms with Crippen molar-refractivity contribution in [3.63, 3.8) is 0 Å². The van der Waals surface area contributed by atoms with Crippen molar-refractivity contribution in [3.05, 3.63) is 60.7 Å². The van der Waals surface area contributed by atoms with Crippen LogP contribution >= 0.6 is 0 Å². The number of hydrogen-bond acceptors (Lipinski definition) is 4. The number of fused-ring (bicyclic) bond motifs is 2. The second-order valence-electron chi connectivity index (χ2n) is 7.07. The average Bonchev–Trinajstić information content (AvgIpc) is 3.27. The number of benzene rings is 2. The summed E-state index contributed by atoms with van der Waals surface area (Å²) in [6.07, 6.45) is 3.30. The molecule has 1 saturated heterocycles. The molecular weight excluding hydrogens is 338 g/mol. The van der Waals surface area contributed by atoms with Crippen LogP contribution in [0.2, 0.25) is 0 Å². The van der Waals surface area contributed by atoms with E-state index < -0.39 is 0 Å². The second-order valence-corrected chi connectivity index (χ2v) is 7.07. The highest BCUT2D eigenvalue weighted by molar-refractivity contribution is 5.96. The van der Waals surface area contributed by atoms with E-state index in [1.807, 2.05) is 51.9 Å². The van der Waals surface area contributed by atoms with Crippen LogP contribution in [0.1, 0.15) is 29.9 Å². The van der Waals surface area contributed by atoms with Gasteiger partial charge in [0.1, 0.15) is 5.82 Å². The number of hydrogen-bond donors (Lipinski definition) is 2. The molecule has 0 spiro atoms. The Morgan fingerprint density at radius 1 is 1.00 bits per heavy atom. The monoisotopic (exact) mass is 359 g/mol. The third-order valence-corrected chi connectivity index (χ3v) is 5.23. The lowest BCUT2D eigenvalue weighted by molar-refractivity contribution is 0.0710. The number of piperidine rings is 1. The first kappa shape index (κ1) is 15.9. The summed E-state index contributed by atoms with van der Waals surface area (Å²) in [5.74, 6) is 1.23. The van der Waals surface area contributed by atoms with Crippen LogP contribution in [0, 0.1) is 0 Å². The van der Waals surface area contributed by atoms with Crippen LogP contribution in [0.25, 0.3) is 16.7 Å². The predicted molar refractivity (Wildman–Crippen MR) is 107 cm³/mol. The number of aromatic nitrogens is 2. The first-order valence-electron chi connectivity index (χ1n) is 9.35. The number of nitrogens with zero attached hydrogens (tertiary/aromatic N) is 3. The molecule has 0 radical (unpaired) electrons. The summed E-state index contributed by atoms with van der Waals surface area (Å²) >= 11 is 0. The topological polar surface area (TPSA) is 62.2 Å².